The molecule has 0 amide bonds. The van der Waals surface area contributed by atoms with E-state index in [0.717, 1.165) is 0 Å². The van der Waals surface area contributed by atoms with Crippen LogP contribution >= 0.6 is 12.0 Å². The Hall–Kier alpha value is 0.270. The summed E-state index contributed by atoms with van der Waals surface area (Å²) >= 11 is 1.27. The van der Waals surface area contributed by atoms with Crippen molar-refractivity contribution >= 4 is 12.0 Å². The second-order valence-electron chi connectivity index (χ2n) is 1.26. The van der Waals surface area contributed by atoms with Gasteiger partial charge in [0.15, 0.2) is 0 Å². The molecule has 2 nitrogen and oxygen atoms in total. The fraction of sp³-hybridized carbons (Fsp3) is 1.00. The van der Waals surface area contributed by atoms with Gasteiger partial charge in [0.05, 0.1) is 12.7 Å². The fourth-order valence-electron chi connectivity index (χ4n) is 0.195. The molecule has 0 saturated carbocycles. The van der Waals surface area contributed by atoms with Gasteiger partial charge in [0.1, 0.15) is 0 Å². The van der Waals surface area contributed by atoms with Crippen molar-refractivity contribution in [2.45, 2.75) is 13.0 Å². The Bertz CT molecular complexity index is 40.7. The molecule has 0 spiro atoms. The van der Waals surface area contributed by atoms with E-state index >= 15 is 0 Å². The smallest absolute Gasteiger partial charge is 0.0924 e. The lowest BCUT2D eigenvalue weighted by molar-refractivity contribution is 0.151. The minimum absolute atomic E-state index is 0.0324. The van der Waals surface area contributed by atoms with Gasteiger partial charge in [0, 0.05) is 6.26 Å². The molecule has 0 heterocycles. The van der Waals surface area contributed by atoms with Crippen LogP contribution in [0.2, 0.25) is 0 Å². The van der Waals surface area contributed by atoms with Gasteiger partial charge in [-0.25, -0.2) is 0 Å². The van der Waals surface area contributed by atoms with Gasteiger partial charge in [-0.05, 0) is 19.0 Å². The standard InChI is InChI=1S/C4H10O2S/c1-4(3-5)6-7-2/h4-5H,3H2,1-2H3. The summed E-state index contributed by atoms with van der Waals surface area (Å²) < 4.78 is 4.86. The van der Waals surface area contributed by atoms with Crippen LogP contribution in [-0.4, -0.2) is 24.1 Å². The van der Waals surface area contributed by atoms with Crippen LogP contribution in [0.4, 0.5) is 0 Å². The second-order valence-corrected chi connectivity index (χ2v) is 1.78. The van der Waals surface area contributed by atoms with E-state index in [2.05, 4.69) is 0 Å². The third-order valence-electron chi connectivity index (χ3n) is 0.518. The first-order valence-electron chi connectivity index (χ1n) is 2.11. The molecule has 7 heavy (non-hydrogen) atoms. The first-order valence-corrected chi connectivity index (χ1v) is 3.26. The van der Waals surface area contributed by atoms with Crippen LogP contribution < -0.4 is 0 Å². The molecule has 0 aromatic rings. The first-order chi connectivity index (χ1) is 3.31. The topological polar surface area (TPSA) is 29.5 Å². The van der Waals surface area contributed by atoms with Gasteiger partial charge in [-0.15, -0.1) is 0 Å². The van der Waals surface area contributed by atoms with E-state index in [9.17, 15) is 0 Å². The highest BCUT2D eigenvalue weighted by Crippen LogP contribution is 1.99. The number of aliphatic hydroxyl groups excluding tert-OH is 1. The second kappa shape index (κ2) is 4.43. The van der Waals surface area contributed by atoms with Crippen molar-refractivity contribution in [1.29, 1.82) is 0 Å². The van der Waals surface area contributed by atoms with E-state index in [4.69, 9.17) is 9.29 Å². The van der Waals surface area contributed by atoms with Crippen LogP contribution in [0.1, 0.15) is 6.92 Å². The van der Waals surface area contributed by atoms with Gasteiger partial charge in [0.2, 0.25) is 0 Å². The zero-order valence-electron chi connectivity index (χ0n) is 4.55. The highest BCUT2D eigenvalue weighted by atomic mass is 32.2. The first kappa shape index (κ1) is 7.27. The van der Waals surface area contributed by atoms with Crippen LogP contribution in [0.3, 0.4) is 0 Å². The van der Waals surface area contributed by atoms with Crippen LogP contribution in [-0.2, 0) is 4.18 Å². The van der Waals surface area contributed by atoms with Gasteiger partial charge in [0.25, 0.3) is 0 Å². The van der Waals surface area contributed by atoms with Crippen LogP contribution in [0, 0.1) is 0 Å². The summed E-state index contributed by atoms with van der Waals surface area (Å²) in [6.45, 7) is 1.91. The fourth-order valence-corrected chi connectivity index (χ4v) is 0.584. The van der Waals surface area contributed by atoms with E-state index in [1.165, 1.54) is 12.0 Å². The zero-order valence-corrected chi connectivity index (χ0v) is 5.36. The van der Waals surface area contributed by atoms with Gasteiger partial charge in [-0.2, -0.15) is 0 Å². The molecule has 1 atom stereocenters. The Morgan fingerprint density at radius 3 is 2.57 bits per heavy atom. The lowest BCUT2D eigenvalue weighted by atomic mass is 10.5. The SMILES string of the molecule is CSOC(C)CO. The predicted molar refractivity (Wildman–Crippen MR) is 31.1 cm³/mol. The molecule has 0 aromatic carbocycles. The molecule has 1 unspecified atom stereocenters. The minimum atomic E-state index is -0.0324. The van der Waals surface area contributed by atoms with Crippen molar-refractivity contribution in [3.05, 3.63) is 0 Å². The predicted octanol–water partition coefficient (Wildman–Crippen LogP) is 0.662. The Balaban J connectivity index is 2.83. The Kier molecular flexibility index (Phi) is 4.60. The Morgan fingerprint density at radius 2 is 2.43 bits per heavy atom. The molecule has 0 saturated heterocycles. The van der Waals surface area contributed by atoms with E-state index in [-0.39, 0.29) is 12.7 Å². The van der Waals surface area contributed by atoms with Gasteiger partial charge in [-0.1, -0.05) is 0 Å². The van der Waals surface area contributed by atoms with Crippen molar-refractivity contribution in [3.8, 4) is 0 Å². The summed E-state index contributed by atoms with van der Waals surface area (Å²) in [6, 6.07) is 0. The van der Waals surface area contributed by atoms with Gasteiger partial charge >= 0.3 is 0 Å². The molecule has 0 aromatic heterocycles. The summed E-state index contributed by atoms with van der Waals surface area (Å²) in [5.41, 5.74) is 0. The summed E-state index contributed by atoms with van der Waals surface area (Å²) in [7, 11) is 0. The van der Waals surface area contributed by atoms with E-state index < -0.39 is 0 Å². The summed E-state index contributed by atoms with van der Waals surface area (Å²) in [5.74, 6) is 0. The van der Waals surface area contributed by atoms with Crippen molar-refractivity contribution in [2.75, 3.05) is 12.9 Å². The molecule has 0 bridgehead atoms. The van der Waals surface area contributed by atoms with Crippen molar-refractivity contribution in [1.82, 2.24) is 0 Å². The quantitative estimate of drug-likeness (QED) is 0.558. The van der Waals surface area contributed by atoms with Crippen molar-refractivity contribution in [3.63, 3.8) is 0 Å². The Morgan fingerprint density at radius 1 is 1.86 bits per heavy atom. The minimum Gasteiger partial charge on any atom is -0.394 e. The van der Waals surface area contributed by atoms with Crippen LogP contribution in [0.25, 0.3) is 0 Å². The number of aliphatic hydroxyl groups is 1. The monoisotopic (exact) mass is 122 g/mol. The van der Waals surface area contributed by atoms with E-state index in [1.54, 1.807) is 0 Å². The maximum atomic E-state index is 8.33. The largest absolute Gasteiger partial charge is 0.394 e. The average molecular weight is 122 g/mol. The maximum Gasteiger partial charge on any atom is 0.0924 e. The molecule has 3 heteroatoms. The number of rotatable bonds is 3. The molecule has 0 radical (unpaired) electrons. The maximum absolute atomic E-state index is 8.33. The molecule has 1 N–H and O–H groups in total. The molecular formula is C4H10O2S. The summed E-state index contributed by atoms with van der Waals surface area (Å²) in [4.78, 5) is 0. The average Bonchev–Trinajstić information content (AvgIpc) is 1.68. The van der Waals surface area contributed by atoms with Gasteiger partial charge < -0.3 is 9.29 Å². The highest BCUT2D eigenvalue weighted by molar-refractivity contribution is 7.93. The molecule has 0 aliphatic heterocycles. The highest BCUT2D eigenvalue weighted by Gasteiger charge is 1.94. The number of hydrogen-bond acceptors (Lipinski definition) is 3. The molecule has 0 fully saturated rings. The molecule has 0 rings (SSSR count). The zero-order chi connectivity index (χ0) is 5.70. The molecule has 0 aliphatic carbocycles. The lowest BCUT2D eigenvalue weighted by Crippen LogP contribution is -2.07. The van der Waals surface area contributed by atoms with Crippen LogP contribution in [0.15, 0.2) is 0 Å². The summed E-state index contributed by atoms with van der Waals surface area (Å²) in [5, 5.41) is 8.33. The molecular weight excluding hydrogens is 112 g/mol. The number of hydrogen-bond donors (Lipinski definition) is 1. The van der Waals surface area contributed by atoms with Crippen LogP contribution in [0.5, 0.6) is 0 Å². The third kappa shape index (κ3) is 4.12. The Labute approximate surface area is 48.1 Å². The van der Waals surface area contributed by atoms with Crippen molar-refractivity contribution < 1.29 is 9.29 Å². The van der Waals surface area contributed by atoms with E-state index in [0.29, 0.717) is 0 Å². The third-order valence-corrected chi connectivity index (χ3v) is 1.04. The summed E-state index contributed by atoms with van der Waals surface area (Å²) in [6.07, 6.45) is 1.79. The van der Waals surface area contributed by atoms with Gasteiger partial charge in [-0.3, -0.25) is 0 Å². The molecule has 44 valence electrons. The van der Waals surface area contributed by atoms with Crippen molar-refractivity contribution in [2.24, 2.45) is 0 Å². The van der Waals surface area contributed by atoms with E-state index in [1.807, 2.05) is 13.2 Å². The normalized spacial score (nSPS) is 14.1. The lowest BCUT2D eigenvalue weighted by Gasteiger charge is -2.03. The molecule has 0 aliphatic rings.